The molecule has 3 heteroatoms. The molecule has 0 aromatic heterocycles. The predicted octanol–water partition coefficient (Wildman–Crippen LogP) is 5.31. The van der Waals surface area contributed by atoms with Gasteiger partial charge in [0.05, 0.1) is 5.38 Å². The Morgan fingerprint density at radius 3 is 2.50 bits per heavy atom. The van der Waals surface area contributed by atoms with Crippen molar-refractivity contribution in [1.82, 2.24) is 0 Å². The molecule has 0 radical (unpaired) electrons. The average Bonchev–Trinajstić information content (AvgIpc) is 2.35. The molecule has 1 unspecified atom stereocenters. The van der Waals surface area contributed by atoms with Crippen LogP contribution in [0.2, 0.25) is 5.02 Å². The first kappa shape index (κ1) is 13.4. The second kappa shape index (κ2) is 5.73. The van der Waals surface area contributed by atoms with Crippen LogP contribution in [-0.4, -0.2) is 0 Å². The van der Waals surface area contributed by atoms with E-state index < -0.39 is 0 Å². The van der Waals surface area contributed by atoms with Crippen molar-refractivity contribution < 1.29 is 4.39 Å². The molecular weight excluding hydrogens is 270 g/mol. The topological polar surface area (TPSA) is 0 Å². The van der Waals surface area contributed by atoms with Crippen molar-refractivity contribution in [2.24, 2.45) is 0 Å². The van der Waals surface area contributed by atoms with Crippen molar-refractivity contribution in [1.29, 1.82) is 0 Å². The van der Waals surface area contributed by atoms with Crippen LogP contribution in [0.3, 0.4) is 0 Å². The Morgan fingerprint density at radius 2 is 1.83 bits per heavy atom. The van der Waals surface area contributed by atoms with Crippen LogP contribution in [0.25, 0.3) is 0 Å². The Morgan fingerprint density at radius 1 is 1.17 bits per heavy atom. The first-order valence-electron chi connectivity index (χ1n) is 5.71. The van der Waals surface area contributed by atoms with Gasteiger partial charge in [0.1, 0.15) is 5.82 Å². The molecule has 0 nitrogen and oxygen atoms in total. The summed E-state index contributed by atoms with van der Waals surface area (Å²) in [4.78, 5) is 0. The third kappa shape index (κ3) is 3.04. The second-order valence-electron chi connectivity index (χ2n) is 4.28. The van der Waals surface area contributed by atoms with Crippen LogP contribution in [-0.2, 0) is 6.42 Å². The Kier molecular flexibility index (Phi) is 4.26. The van der Waals surface area contributed by atoms with E-state index in [1.54, 1.807) is 13.0 Å². The van der Waals surface area contributed by atoms with Crippen LogP contribution < -0.4 is 0 Å². The second-order valence-corrected chi connectivity index (χ2v) is 5.21. The fourth-order valence-corrected chi connectivity index (χ4v) is 2.55. The van der Waals surface area contributed by atoms with Crippen molar-refractivity contribution in [3.05, 3.63) is 70.0 Å². The van der Waals surface area contributed by atoms with Crippen molar-refractivity contribution in [3.8, 4) is 0 Å². The van der Waals surface area contributed by atoms with Gasteiger partial charge in [0.25, 0.3) is 0 Å². The lowest BCUT2D eigenvalue weighted by molar-refractivity contribution is 0.617. The maximum absolute atomic E-state index is 13.3. The largest absolute Gasteiger partial charge is 0.207 e. The molecule has 2 rings (SSSR count). The average molecular weight is 283 g/mol. The van der Waals surface area contributed by atoms with Gasteiger partial charge < -0.3 is 0 Å². The van der Waals surface area contributed by atoms with Gasteiger partial charge in [0.2, 0.25) is 0 Å². The Hall–Kier alpha value is -1.05. The van der Waals surface area contributed by atoms with Gasteiger partial charge in [-0.1, -0.05) is 48.0 Å². The zero-order chi connectivity index (χ0) is 13.1. The van der Waals surface area contributed by atoms with Crippen LogP contribution in [0.4, 0.5) is 4.39 Å². The standard InChI is InChI=1S/C15H13Cl2F/c1-10-7-12(14(17)9-15(10)18)13(16)8-11-5-3-2-4-6-11/h2-7,9,13H,8H2,1H3. The van der Waals surface area contributed by atoms with E-state index in [1.807, 2.05) is 30.3 Å². The molecule has 1 atom stereocenters. The molecule has 0 amide bonds. The minimum Gasteiger partial charge on any atom is -0.207 e. The monoisotopic (exact) mass is 282 g/mol. The van der Waals surface area contributed by atoms with E-state index in [1.165, 1.54) is 6.07 Å². The number of benzene rings is 2. The summed E-state index contributed by atoms with van der Waals surface area (Å²) in [6, 6.07) is 13.0. The summed E-state index contributed by atoms with van der Waals surface area (Å²) in [6.07, 6.45) is 0.674. The highest BCUT2D eigenvalue weighted by molar-refractivity contribution is 6.32. The van der Waals surface area contributed by atoms with Gasteiger partial charge in [-0.2, -0.15) is 0 Å². The number of aryl methyl sites for hydroxylation is 1. The number of hydrogen-bond donors (Lipinski definition) is 0. The van der Waals surface area contributed by atoms with Gasteiger partial charge in [-0.25, -0.2) is 4.39 Å². The Bertz CT molecular complexity index is 538. The van der Waals surface area contributed by atoms with E-state index in [0.29, 0.717) is 17.0 Å². The summed E-state index contributed by atoms with van der Waals surface area (Å²) in [5.74, 6) is -0.299. The lowest BCUT2D eigenvalue weighted by Gasteiger charge is -2.13. The van der Waals surface area contributed by atoms with Gasteiger partial charge in [-0.3, -0.25) is 0 Å². The van der Waals surface area contributed by atoms with E-state index in [4.69, 9.17) is 23.2 Å². The zero-order valence-corrected chi connectivity index (χ0v) is 11.5. The van der Waals surface area contributed by atoms with Crippen LogP contribution >= 0.6 is 23.2 Å². The molecule has 0 heterocycles. The highest BCUT2D eigenvalue weighted by atomic mass is 35.5. The highest BCUT2D eigenvalue weighted by Gasteiger charge is 2.14. The van der Waals surface area contributed by atoms with E-state index in [2.05, 4.69) is 0 Å². The first-order chi connectivity index (χ1) is 8.58. The van der Waals surface area contributed by atoms with Gasteiger partial charge in [-0.05, 0) is 36.1 Å². The molecule has 0 N–H and O–H groups in total. The Labute approximate surface area is 116 Å². The van der Waals surface area contributed by atoms with E-state index >= 15 is 0 Å². The summed E-state index contributed by atoms with van der Waals surface area (Å²) in [5, 5.41) is 0.133. The molecular formula is C15H13Cl2F. The molecule has 2 aromatic rings. The lowest BCUT2D eigenvalue weighted by atomic mass is 10.0. The molecule has 0 fully saturated rings. The number of hydrogen-bond acceptors (Lipinski definition) is 0. The SMILES string of the molecule is Cc1cc(C(Cl)Cc2ccccc2)c(Cl)cc1F. The molecule has 2 aromatic carbocycles. The quantitative estimate of drug-likeness (QED) is 0.669. The lowest BCUT2D eigenvalue weighted by Crippen LogP contribution is -1.98. The first-order valence-corrected chi connectivity index (χ1v) is 6.53. The maximum Gasteiger partial charge on any atom is 0.127 e. The van der Waals surface area contributed by atoms with Gasteiger partial charge in [0, 0.05) is 5.02 Å². The molecule has 0 saturated carbocycles. The molecule has 0 saturated heterocycles. The van der Waals surface area contributed by atoms with Crippen molar-refractivity contribution >= 4 is 23.2 Å². The fraction of sp³-hybridized carbons (Fsp3) is 0.200. The van der Waals surface area contributed by atoms with Crippen LogP contribution in [0.5, 0.6) is 0 Å². The molecule has 18 heavy (non-hydrogen) atoms. The summed E-state index contributed by atoms with van der Waals surface area (Å²) < 4.78 is 13.3. The number of rotatable bonds is 3. The zero-order valence-electron chi connectivity index (χ0n) is 9.96. The van der Waals surface area contributed by atoms with Crippen LogP contribution in [0, 0.1) is 12.7 Å². The molecule has 94 valence electrons. The highest BCUT2D eigenvalue weighted by Crippen LogP contribution is 2.32. The van der Waals surface area contributed by atoms with Crippen LogP contribution in [0.15, 0.2) is 42.5 Å². The molecule has 0 bridgehead atoms. The van der Waals surface area contributed by atoms with Crippen molar-refractivity contribution in [2.75, 3.05) is 0 Å². The molecule has 0 spiro atoms. The molecule has 0 aliphatic carbocycles. The minimum atomic E-state index is -0.299. The molecule has 0 aliphatic heterocycles. The third-order valence-electron chi connectivity index (χ3n) is 2.87. The van der Waals surface area contributed by atoms with E-state index in [0.717, 1.165) is 11.1 Å². The number of alkyl halides is 1. The van der Waals surface area contributed by atoms with Crippen molar-refractivity contribution in [2.45, 2.75) is 18.7 Å². The van der Waals surface area contributed by atoms with Gasteiger partial charge in [-0.15, -0.1) is 11.6 Å². The smallest absolute Gasteiger partial charge is 0.127 e. The summed E-state index contributed by atoms with van der Waals surface area (Å²) >= 11 is 12.4. The maximum atomic E-state index is 13.3. The van der Waals surface area contributed by atoms with E-state index in [9.17, 15) is 4.39 Å². The number of halogens is 3. The molecule has 0 aliphatic rings. The van der Waals surface area contributed by atoms with Gasteiger partial charge >= 0.3 is 0 Å². The minimum absolute atomic E-state index is 0.251. The normalized spacial score (nSPS) is 12.4. The summed E-state index contributed by atoms with van der Waals surface area (Å²) in [5.41, 5.74) is 2.48. The van der Waals surface area contributed by atoms with E-state index in [-0.39, 0.29) is 11.2 Å². The van der Waals surface area contributed by atoms with Crippen molar-refractivity contribution in [3.63, 3.8) is 0 Å². The van der Waals surface area contributed by atoms with Gasteiger partial charge in [0.15, 0.2) is 0 Å². The Balaban J connectivity index is 2.24. The summed E-state index contributed by atoms with van der Waals surface area (Å²) in [7, 11) is 0. The summed E-state index contributed by atoms with van der Waals surface area (Å²) in [6.45, 7) is 1.71. The third-order valence-corrected chi connectivity index (χ3v) is 3.59. The predicted molar refractivity (Wildman–Crippen MR) is 74.9 cm³/mol. The van der Waals surface area contributed by atoms with Crippen LogP contribution in [0.1, 0.15) is 22.1 Å². The fourth-order valence-electron chi connectivity index (χ4n) is 1.85.